The molecule has 2 rings (SSSR count). The number of methoxy groups -OCH3 is 2. The van der Waals surface area contributed by atoms with Crippen molar-refractivity contribution < 1.29 is 32.3 Å². The first-order chi connectivity index (χ1) is 15.6. The third kappa shape index (κ3) is 6.20. The van der Waals surface area contributed by atoms with Crippen molar-refractivity contribution in [2.45, 2.75) is 16.7 Å². The van der Waals surface area contributed by atoms with Gasteiger partial charge in [0.05, 0.1) is 35.4 Å². The molecule has 0 spiro atoms. The molecule has 176 valence electrons. The number of guanidine groups is 1. The molecule has 4 amide bonds. The standard InChI is InChI=1S/C20H23N5O7S/c1-4-25(17(21)26)16-12-14(33(29,30)13-8-6-5-7-9-13)10-11-15(16)22-18(23-19(27)31-2)24-20(28)32-3/h5-12H,4H2,1-3H3,(H2,21,26)(H2,22,23,24,27,28). The summed E-state index contributed by atoms with van der Waals surface area (Å²) in [5, 5.41) is 4.85. The normalized spacial score (nSPS) is 11.3. The van der Waals surface area contributed by atoms with E-state index in [2.05, 4.69) is 25.1 Å². The van der Waals surface area contributed by atoms with Crippen LogP contribution in [-0.2, 0) is 19.3 Å². The zero-order chi connectivity index (χ0) is 24.6. The number of hydrogen-bond acceptors (Lipinski definition) is 7. The highest BCUT2D eigenvalue weighted by molar-refractivity contribution is 7.91. The van der Waals surface area contributed by atoms with Crippen molar-refractivity contribution in [1.29, 1.82) is 0 Å². The Morgan fingerprint density at radius 2 is 1.70 bits per heavy atom. The molecule has 0 saturated carbocycles. The van der Waals surface area contributed by atoms with Crippen LogP contribution in [0.1, 0.15) is 6.92 Å². The largest absolute Gasteiger partial charge is 0.453 e. The van der Waals surface area contributed by atoms with Crippen LogP contribution in [0.5, 0.6) is 0 Å². The highest BCUT2D eigenvalue weighted by atomic mass is 32.2. The van der Waals surface area contributed by atoms with Gasteiger partial charge in [-0.25, -0.2) is 22.8 Å². The maximum atomic E-state index is 13.1. The lowest BCUT2D eigenvalue weighted by molar-refractivity contribution is 0.176. The summed E-state index contributed by atoms with van der Waals surface area (Å²) >= 11 is 0. The Kier molecular flexibility index (Phi) is 8.34. The molecule has 2 aromatic carbocycles. The van der Waals surface area contributed by atoms with Crippen LogP contribution >= 0.6 is 0 Å². The molecule has 4 N–H and O–H groups in total. The van der Waals surface area contributed by atoms with Crippen LogP contribution < -0.4 is 21.3 Å². The van der Waals surface area contributed by atoms with Gasteiger partial charge in [-0.15, -0.1) is 4.99 Å². The van der Waals surface area contributed by atoms with Gasteiger partial charge in [0.2, 0.25) is 15.8 Å². The number of hydrogen-bond donors (Lipinski definition) is 3. The van der Waals surface area contributed by atoms with E-state index in [0.29, 0.717) is 0 Å². The predicted molar refractivity (Wildman–Crippen MR) is 120 cm³/mol. The summed E-state index contributed by atoms with van der Waals surface area (Å²) < 4.78 is 35.1. The molecule has 0 unspecified atom stereocenters. The minimum atomic E-state index is -3.92. The van der Waals surface area contributed by atoms with Crippen LogP contribution in [-0.4, -0.2) is 53.4 Å². The maximum absolute atomic E-state index is 13.1. The molecule has 33 heavy (non-hydrogen) atoms. The average Bonchev–Trinajstić information content (AvgIpc) is 2.80. The lowest BCUT2D eigenvalue weighted by Gasteiger charge is -2.23. The molecule has 0 heterocycles. The van der Waals surface area contributed by atoms with Gasteiger partial charge in [-0.05, 0) is 37.3 Å². The third-order valence-corrected chi connectivity index (χ3v) is 6.01. The van der Waals surface area contributed by atoms with Crippen molar-refractivity contribution in [3.8, 4) is 0 Å². The molecule has 0 fully saturated rings. The molecule has 0 saturated heterocycles. The van der Waals surface area contributed by atoms with Gasteiger partial charge in [0.25, 0.3) is 0 Å². The van der Waals surface area contributed by atoms with Gasteiger partial charge in [-0.3, -0.25) is 10.2 Å². The highest BCUT2D eigenvalue weighted by Gasteiger charge is 2.23. The van der Waals surface area contributed by atoms with Gasteiger partial charge in [0.1, 0.15) is 0 Å². The summed E-state index contributed by atoms with van der Waals surface area (Å²) in [7, 11) is -1.73. The highest BCUT2D eigenvalue weighted by Crippen LogP contribution is 2.31. The van der Waals surface area contributed by atoms with Crippen LogP contribution in [0.3, 0.4) is 0 Å². The van der Waals surface area contributed by atoms with E-state index in [0.717, 1.165) is 19.1 Å². The Balaban J connectivity index is 2.62. The number of alkyl carbamates (subject to hydrolysis) is 1. The van der Waals surface area contributed by atoms with E-state index in [-0.39, 0.29) is 27.7 Å². The number of nitrogens with one attached hydrogen (secondary N) is 2. The number of carbonyl (C=O) groups is 3. The van der Waals surface area contributed by atoms with Crippen LogP contribution in [0.25, 0.3) is 0 Å². The zero-order valence-corrected chi connectivity index (χ0v) is 18.9. The third-order valence-electron chi connectivity index (χ3n) is 4.24. The Bertz CT molecular complexity index is 1170. The number of nitrogens with zero attached hydrogens (tertiary/aromatic N) is 2. The Hall–Kier alpha value is -4.13. The number of urea groups is 1. The number of carbonyl (C=O) groups excluding carboxylic acids is 3. The van der Waals surface area contributed by atoms with Gasteiger partial charge < -0.3 is 20.5 Å². The molecular weight excluding hydrogens is 454 g/mol. The van der Waals surface area contributed by atoms with Gasteiger partial charge in [0, 0.05) is 6.54 Å². The first-order valence-corrected chi connectivity index (χ1v) is 10.9. The number of ether oxygens (including phenoxy) is 2. The fourth-order valence-corrected chi connectivity index (χ4v) is 3.99. The minimum Gasteiger partial charge on any atom is -0.453 e. The summed E-state index contributed by atoms with van der Waals surface area (Å²) in [5.74, 6) is -0.394. The van der Waals surface area contributed by atoms with Crippen molar-refractivity contribution in [3.63, 3.8) is 0 Å². The molecule has 0 radical (unpaired) electrons. The Labute approximate surface area is 190 Å². The fourth-order valence-electron chi connectivity index (χ4n) is 2.69. The van der Waals surface area contributed by atoms with E-state index in [1.165, 1.54) is 30.3 Å². The molecular formula is C20H23N5O7S. The van der Waals surface area contributed by atoms with Gasteiger partial charge in [-0.1, -0.05) is 18.2 Å². The first-order valence-electron chi connectivity index (χ1n) is 9.43. The summed E-state index contributed by atoms with van der Waals surface area (Å²) in [4.78, 5) is 39.9. The van der Waals surface area contributed by atoms with Crippen LogP contribution in [0, 0.1) is 0 Å². The topological polar surface area (TPSA) is 169 Å². The van der Waals surface area contributed by atoms with E-state index in [9.17, 15) is 22.8 Å². The number of anilines is 2. The summed E-state index contributed by atoms with van der Waals surface area (Å²) in [6.07, 6.45) is -1.99. The number of benzene rings is 2. The summed E-state index contributed by atoms with van der Waals surface area (Å²) in [5.41, 5.74) is 5.64. The molecule has 12 nitrogen and oxygen atoms in total. The van der Waals surface area contributed by atoms with Crippen molar-refractivity contribution in [3.05, 3.63) is 48.5 Å². The van der Waals surface area contributed by atoms with Crippen molar-refractivity contribution in [1.82, 2.24) is 5.32 Å². The number of rotatable bonds is 5. The number of amides is 4. The first kappa shape index (κ1) is 25.1. The van der Waals surface area contributed by atoms with Crippen molar-refractivity contribution >= 4 is 45.4 Å². The number of aliphatic imine (C=N–C) groups is 1. The average molecular weight is 477 g/mol. The SMILES string of the molecule is CCN(C(N)=O)c1cc(S(=O)(=O)c2ccccc2)ccc1NC(=NC(=O)OC)NC(=O)OC. The zero-order valence-electron chi connectivity index (χ0n) is 18.1. The second kappa shape index (κ2) is 10.9. The summed E-state index contributed by atoms with van der Waals surface area (Å²) in [6, 6.07) is 10.7. The minimum absolute atomic E-state index is 0.0547. The van der Waals surface area contributed by atoms with Gasteiger partial charge >= 0.3 is 18.2 Å². The molecule has 0 aromatic heterocycles. The molecule has 2 aromatic rings. The van der Waals surface area contributed by atoms with E-state index < -0.39 is 34.0 Å². The lowest BCUT2D eigenvalue weighted by atomic mass is 10.2. The van der Waals surface area contributed by atoms with Crippen molar-refractivity contribution in [2.24, 2.45) is 10.7 Å². The van der Waals surface area contributed by atoms with E-state index in [1.807, 2.05) is 0 Å². The number of sulfone groups is 1. The fraction of sp³-hybridized carbons (Fsp3) is 0.200. The van der Waals surface area contributed by atoms with E-state index in [4.69, 9.17) is 5.73 Å². The monoisotopic (exact) mass is 477 g/mol. The van der Waals surface area contributed by atoms with Crippen molar-refractivity contribution in [2.75, 3.05) is 31.0 Å². The second-order valence-electron chi connectivity index (χ2n) is 6.25. The Morgan fingerprint density at radius 1 is 1.03 bits per heavy atom. The van der Waals surface area contributed by atoms with Crippen LogP contribution in [0.2, 0.25) is 0 Å². The smallest absolute Gasteiger partial charge is 0.436 e. The number of primary amides is 1. The predicted octanol–water partition coefficient (Wildman–Crippen LogP) is 2.31. The van der Waals surface area contributed by atoms with Crippen LogP contribution in [0.15, 0.2) is 63.3 Å². The Morgan fingerprint density at radius 3 is 2.24 bits per heavy atom. The molecule has 13 heteroatoms. The maximum Gasteiger partial charge on any atom is 0.436 e. The van der Waals surface area contributed by atoms with Crippen LogP contribution in [0.4, 0.5) is 25.8 Å². The van der Waals surface area contributed by atoms with Gasteiger partial charge in [0.15, 0.2) is 0 Å². The quantitative estimate of drug-likeness (QED) is 0.435. The number of nitrogens with two attached hydrogens (primary N) is 1. The molecule has 0 bridgehead atoms. The molecule has 0 atom stereocenters. The van der Waals surface area contributed by atoms with E-state index in [1.54, 1.807) is 25.1 Å². The summed E-state index contributed by atoms with van der Waals surface area (Å²) in [6.45, 7) is 1.72. The molecule has 0 aliphatic heterocycles. The van der Waals surface area contributed by atoms with Gasteiger partial charge in [-0.2, -0.15) is 0 Å². The lowest BCUT2D eigenvalue weighted by Crippen LogP contribution is -2.39. The molecule has 0 aliphatic carbocycles. The second-order valence-corrected chi connectivity index (χ2v) is 8.20. The molecule has 0 aliphatic rings. The van der Waals surface area contributed by atoms with E-state index >= 15 is 0 Å².